The van der Waals surface area contributed by atoms with E-state index in [0.717, 1.165) is 17.1 Å². The van der Waals surface area contributed by atoms with E-state index in [1.165, 1.54) is 88.7 Å². The Labute approximate surface area is 351 Å². The van der Waals surface area contributed by atoms with E-state index in [0.29, 0.717) is 0 Å². The first kappa shape index (κ1) is 34.3. The maximum Gasteiger partial charge on any atom is 0.0726 e. The fourth-order valence-corrected chi connectivity index (χ4v) is 10.3. The molecule has 0 unspecified atom stereocenters. The lowest BCUT2D eigenvalue weighted by Gasteiger charge is -2.33. The third kappa shape index (κ3) is 5.13. The van der Waals surface area contributed by atoms with Crippen LogP contribution in [-0.2, 0) is 5.41 Å². The highest BCUT2D eigenvalue weighted by atomic mass is 15.1. The van der Waals surface area contributed by atoms with Gasteiger partial charge in [-0.2, -0.15) is 0 Å². The molecule has 0 atom stereocenters. The lowest BCUT2D eigenvalue weighted by molar-refractivity contribution is 0.794. The maximum absolute atomic E-state index is 2.55. The standard InChI is InChI=1S/C59H39N/c1-4-17-40(18-5-1)42-31-34-46(35-32-42)60(47-36-33-41-19-10-11-24-45(41)37-47)57-39-56-52(38-51(57)44-22-8-3-9-23-44)58-48(43-20-6-2-7-21-43)27-16-30-55(58)59(56)53-28-14-12-25-49(53)50-26-13-15-29-54(50)59/h1-39H. The fourth-order valence-electron chi connectivity index (χ4n) is 10.3. The molecular formula is C59H39N. The van der Waals surface area contributed by atoms with Crippen LogP contribution in [0.25, 0.3) is 66.4 Å². The summed E-state index contributed by atoms with van der Waals surface area (Å²) in [5.41, 5.74) is 20.5. The first-order chi connectivity index (χ1) is 29.8. The van der Waals surface area contributed by atoms with Gasteiger partial charge in [0.15, 0.2) is 0 Å². The molecule has 10 aromatic carbocycles. The van der Waals surface area contributed by atoms with E-state index in [2.05, 4.69) is 241 Å². The minimum atomic E-state index is -0.529. The molecule has 0 bridgehead atoms. The zero-order valence-electron chi connectivity index (χ0n) is 33.0. The van der Waals surface area contributed by atoms with Crippen LogP contribution in [-0.4, -0.2) is 0 Å². The van der Waals surface area contributed by atoms with Crippen LogP contribution in [0.5, 0.6) is 0 Å². The molecule has 0 aliphatic heterocycles. The summed E-state index contributed by atoms with van der Waals surface area (Å²) in [4.78, 5) is 2.49. The van der Waals surface area contributed by atoms with Crippen molar-refractivity contribution in [2.24, 2.45) is 0 Å². The smallest absolute Gasteiger partial charge is 0.0726 e. The van der Waals surface area contributed by atoms with Crippen LogP contribution in [0.3, 0.4) is 0 Å². The second-order valence-electron chi connectivity index (χ2n) is 16.0. The van der Waals surface area contributed by atoms with Gasteiger partial charge in [-0.05, 0) is 119 Å². The molecule has 1 spiro atoms. The summed E-state index contributed by atoms with van der Waals surface area (Å²) in [5.74, 6) is 0. The van der Waals surface area contributed by atoms with E-state index < -0.39 is 5.41 Å². The Morgan fingerprint density at radius 1 is 0.267 bits per heavy atom. The molecule has 0 saturated carbocycles. The molecule has 0 heterocycles. The van der Waals surface area contributed by atoms with Gasteiger partial charge in [0, 0.05) is 16.9 Å². The number of anilines is 3. The first-order valence-electron chi connectivity index (χ1n) is 20.8. The van der Waals surface area contributed by atoms with E-state index in [-0.39, 0.29) is 0 Å². The van der Waals surface area contributed by atoms with Crippen molar-refractivity contribution in [3.63, 3.8) is 0 Å². The zero-order chi connectivity index (χ0) is 39.6. The molecule has 60 heavy (non-hydrogen) atoms. The predicted octanol–water partition coefficient (Wildman–Crippen LogP) is 15.7. The Morgan fingerprint density at radius 2 is 0.767 bits per heavy atom. The molecule has 10 aromatic rings. The third-order valence-electron chi connectivity index (χ3n) is 12.9. The normalized spacial score (nSPS) is 12.8. The van der Waals surface area contributed by atoms with Gasteiger partial charge in [0.2, 0.25) is 0 Å². The summed E-state index contributed by atoms with van der Waals surface area (Å²) in [6.45, 7) is 0. The molecule has 12 rings (SSSR count). The fraction of sp³-hybridized carbons (Fsp3) is 0.0169. The van der Waals surface area contributed by atoms with Crippen LogP contribution in [0.1, 0.15) is 22.3 Å². The summed E-state index contributed by atoms with van der Waals surface area (Å²) in [6, 6.07) is 87.5. The molecule has 2 aliphatic carbocycles. The molecule has 1 heteroatoms. The Morgan fingerprint density at radius 3 is 1.43 bits per heavy atom. The van der Waals surface area contributed by atoms with E-state index in [1.807, 2.05) is 0 Å². The van der Waals surface area contributed by atoms with Crippen molar-refractivity contribution in [1.82, 2.24) is 0 Å². The highest BCUT2D eigenvalue weighted by Gasteiger charge is 2.52. The summed E-state index contributed by atoms with van der Waals surface area (Å²) in [5, 5.41) is 2.43. The van der Waals surface area contributed by atoms with Crippen LogP contribution in [0, 0.1) is 0 Å². The average Bonchev–Trinajstić information content (AvgIpc) is 3.79. The van der Waals surface area contributed by atoms with Gasteiger partial charge in [-0.1, -0.05) is 200 Å². The van der Waals surface area contributed by atoms with E-state index >= 15 is 0 Å². The second-order valence-corrected chi connectivity index (χ2v) is 16.0. The number of fused-ring (bicyclic) bond motifs is 11. The van der Waals surface area contributed by atoms with Gasteiger partial charge in [0.05, 0.1) is 11.1 Å². The molecule has 0 aromatic heterocycles. The van der Waals surface area contributed by atoms with Crippen LogP contribution in [0.15, 0.2) is 237 Å². The van der Waals surface area contributed by atoms with Gasteiger partial charge in [0.1, 0.15) is 0 Å². The predicted molar refractivity (Wildman–Crippen MR) is 251 cm³/mol. The van der Waals surface area contributed by atoms with Crippen LogP contribution < -0.4 is 4.90 Å². The minimum absolute atomic E-state index is 0.529. The Bertz CT molecular complexity index is 3190. The molecule has 0 N–H and O–H groups in total. The van der Waals surface area contributed by atoms with Gasteiger partial charge < -0.3 is 4.90 Å². The number of hydrogen-bond acceptors (Lipinski definition) is 1. The van der Waals surface area contributed by atoms with E-state index in [1.54, 1.807) is 0 Å². The average molecular weight is 762 g/mol. The summed E-state index contributed by atoms with van der Waals surface area (Å²) >= 11 is 0. The van der Waals surface area contributed by atoms with Gasteiger partial charge in [-0.25, -0.2) is 0 Å². The highest BCUT2D eigenvalue weighted by Crippen LogP contribution is 2.65. The van der Waals surface area contributed by atoms with Crippen LogP contribution in [0.4, 0.5) is 17.1 Å². The zero-order valence-corrected chi connectivity index (χ0v) is 33.0. The third-order valence-corrected chi connectivity index (χ3v) is 12.9. The number of rotatable bonds is 6. The monoisotopic (exact) mass is 761 g/mol. The van der Waals surface area contributed by atoms with Crippen molar-refractivity contribution in [3.8, 4) is 55.6 Å². The molecule has 0 amide bonds. The molecule has 280 valence electrons. The lowest BCUT2D eigenvalue weighted by Crippen LogP contribution is -2.26. The van der Waals surface area contributed by atoms with Crippen molar-refractivity contribution in [2.45, 2.75) is 5.41 Å². The Kier molecular flexibility index (Phi) is 7.83. The van der Waals surface area contributed by atoms with Gasteiger partial charge in [-0.3, -0.25) is 0 Å². The molecule has 0 radical (unpaired) electrons. The van der Waals surface area contributed by atoms with Crippen LogP contribution in [0.2, 0.25) is 0 Å². The quantitative estimate of drug-likeness (QED) is 0.163. The number of nitrogens with zero attached hydrogens (tertiary/aromatic N) is 1. The highest BCUT2D eigenvalue weighted by molar-refractivity contribution is 6.04. The van der Waals surface area contributed by atoms with Crippen molar-refractivity contribution in [2.75, 3.05) is 4.90 Å². The topological polar surface area (TPSA) is 3.24 Å². The van der Waals surface area contributed by atoms with E-state index in [9.17, 15) is 0 Å². The molecule has 1 nitrogen and oxygen atoms in total. The summed E-state index contributed by atoms with van der Waals surface area (Å²) < 4.78 is 0. The van der Waals surface area contributed by atoms with Crippen LogP contribution >= 0.6 is 0 Å². The van der Waals surface area contributed by atoms with Gasteiger partial charge >= 0.3 is 0 Å². The van der Waals surface area contributed by atoms with Gasteiger partial charge in [-0.15, -0.1) is 0 Å². The Hall–Kier alpha value is -7.74. The number of hydrogen-bond donors (Lipinski definition) is 0. The lowest BCUT2D eigenvalue weighted by atomic mass is 9.70. The SMILES string of the molecule is c1ccc(-c2ccc(N(c3ccc4ccccc4c3)c3cc4c(cc3-c3ccccc3)-c3c(-c5ccccc5)cccc3C43c4ccccc4-c4ccccc43)cc2)cc1. The first-order valence-corrected chi connectivity index (χ1v) is 20.8. The molecule has 0 fully saturated rings. The van der Waals surface area contributed by atoms with E-state index in [4.69, 9.17) is 0 Å². The molecule has 2 aliphatic rings. The second kappa shape index (κ2) is 13.7. The van der Waals surface area contributed by atoms with Crippen molar-refractivity contribution < 1.29 is 0 Å². The molecule has 0 saturated heterocycles. The largest absolute Gasteiger partial charge is 0.310 e. The van der Waals surface area contributed by atoms with Crippen molar-refractivity contribution in [1.29, 1.82) is 0 Å². The summed E-state index contributed by atoms with van der Waals surface area (Å²) in [7, 11) is 0. The van der Waals surface area contributed by atoms with Crippen molar-refractivity contribution in [3.05, 3.63) is 259 Å². The Balaban J connectivity index is 1.21. The summed E-state index contributed by atoms with van der Waals surface area (Å²) in [6.07, 6.45) is 0. The minimum Gasteiger partial charge on any atom is -0.310 e. The number of benzene rings is 10. The maximum atomic E-state index is 2.55. The van der Waals surface area contributed by atoms with Crippen molar-refractivity contribution >= 4 is 27.8 Å². The van der Waals surface area contributed by atoms with Gasteiger partial charge in [0.25, 0.3) is 0 Å². The molecular weight excluding hydrogens is 723 g/mol.